The van der Waals surface area contributed by atoms with E-state index in [1.807, 2.05) is 0 Å². The van der Waals surface area contributed by atoms with Gasteiger partial charge in [0.1, 0.15) is 0 Å². The number of aryl methyl sites for hydroxylation is 1. The predicted molar refractivity (Wildman–Crippen MR) is 110 cm³/mol. The fraction of sp³-hybridized carbons (Fsp3) is 0.0952. The van der Waals surface area contributed by atoms with Gasteiger partial charge in [-0.1, -0.05) is 46.3 Å². The Balaban J connectivity index is 1.63. The zero-order chi connectivity index (χ0) is 21.0. The molecular formula is C21H16BrN3O4. The van der Waals surface area contributed by atoms with Gasteiger partial charge >= 0.3 is 5.91 Å². The number of hydrogen-bond acceptors (Lipinski definition) is 5. The summed E-state index contributed by atoms with van der Waals surface area (Å²) in [4.78, 5) is 52.9. The summed E-state index contributed by atoms with van der Waals surface area (Å²) in [6.07, 6.45) is -0.597. The number of para-hydroxylation sites is 1. The van der Waals surface area contributed by atoms with E-state index in [0.29, 0.717) is 27.7 Å². The normalized spacial score (nSPS) is 10.4. The molecule has 0 aliphatic heterocycles. The van der Waals surface area contributed by atoms with Crippen LogP contribution in [0.15, 0.2) is 59.1 Å². The van der Waals surface area contributed by atoms with Crippen molar-refractivity contribution in [2.45, 2.75) is 13.3 Å². The highest BCUT2D eigenvalue weighted by atomic mass is 79.9. The summed E-state index contributed by atoms with van der Waals surface area (Å²) in [5, 5.41) is 0.613. The molecule has 0 spiro atoms. The molecule has 8 heteroatoms. The molecule has 29 heavy (non-hydrogen) atoms. The molecule has 0 aliphatic rings. The summed E-state index contributed by atoms with van der Waals surface area (Å²) in [7, 11) is 0. The summed E-state index contributed by atoms with van der Waals surface area (Å²) in [5.41, 5.74) is 6.18. The van der Waals surface area contributed by atoms with Gasteiger partial charge in [0, 0.05) is 21.1 Å². The van der Waals surface area contributed by atoms with E-state index >= 15 is 0 Å². The van der Waals surface area contributed by atoms with Crippen molar-refractivity contribution in [3.63, 3.8) is 0 Å². The number of amides is 2. The summed E-state index contributed by atoms with van der Waals surface area (Å²) >= 11 is 3.25. The van der Waals surface area contributed by atoms with Gasteiger partial charge in [-0.15, -0.1) is 0 Å². The number of carbonyl (C=O) groups is 4. The molecule has 2 amide bonds. The lowest BCUT2D eigenvalue weighted by atomic mass is 10.1. The number of hydrogen-bond donors (Lipinski definition) is 2. The first-order valence-corrected chi connectivity index (χ1v) is 9.43. The minimum absolute atomic E-state index is 0.312. The Kier molecular flexibility index (Phi) is 6.13. The molecule has 0 radical (unpaired) electrons. The van der Waals surface area contributed by atoms with Crippen LogP contribution in [0.1, 0.15) is 32.8 Å². The first-order chi connectivity index (χ1) is 13.8. The summed E-state index contributed by atoms with van der Waals surface area (Å²) in [6.45, 7) is 1.75. The number of hydrazine groups is 1. The van der Waals surface area contributed by atoms with Crippen molar-refractivity contribution >= 4 is 50.2 Å². The molecule has 1 aromatic heterocycles. The van der Waals surface area contributed by atoms with Crippen LogP contribution >= 0.6 is 15.9 Å². The first kappa shape index (κ1) is 20.3. The van der Waals surface area contributed by atoms with Gasteiger partial charge in [-0.3, -0.25) is 35.0 Å². The molecule has 0 bridgehead atoms. The van der Waals surface area contributed by atoms with Gasteiger partial charge in [0.25, 0.3) is 5.91 Å². The molecule has 7 nitrogen and oxygen atoms in total. The number of nitrogens with one attached hydrogen (secondary N) is 2. The van der Waals surface area contributed by atoms with Gasteiger partial charge < -0.3 is 0 Å². The van der Waals surface area contributed by atoms with Gasteiger partial charge in [0.05, 0.1) is 17.5 Å². The standard InChI is InChI=1S/C21H16BrN3O4/c1-12-10-16(15-4-2-3-5-17(15)23-12)20(28)24-25-21(29)19(27)11-18(26)13-6-8-14(22)9-7-13/h2-10H,11H2,1H3,(H,24,28)(H,25,29). The van der Waals surface area contributed by atoms with Crippen molar-refractivity contribution in [2.24, 2.45) is 0 Å². The van der Waals surface area contributed by atoms with Gasteiger partial charge in [0.2, 0.25) is 5.78 Å². The number of Topliss-reactive ketones (excluding diaryl/α,β-unsaturated/α-hetero) is 2. The highest BCUT2D eigenvalue weighted by Gasteiger charge is 2.20. The third-order valence-electron chi connectivity index (χ3n) is 4.12. The quantitative estimate of drug-likeness (QED) is 0.267. The van der Waals surface area contributed by atoms with E-state index in [9.17, 15) is 19.2 Å². The van der Waals surface area contributed by atoms with E-state index in [1.165, 1.54) is 0 Å². The summed E-state index contributed by atoms with van der Waals surface area (Å²) in [6, 6.07) is 15.1. The zero-order valence-corrected chi connectivity index (χ0v) is 16.9. The number of fused-ring (bicyclic) bond motifs is 1. The van der Waals surface area contributed by atoms with E-state index in [1.54, 1.807) is 61.5 Å². The van der Waals surface area contributed by atoms with Crippen LogP contribution in [0.3, 0.4) is 0 Å². The van der Waals surface area contributed by atoms with E-state index in [2.05, 4.69) is 31.8 Å². The number of pyridine rings is 1. The predicted octanol–water partition coefficient (Wildman–Crippen LogP) is 2.91. The SMILES string of the molecule is Cc1cc(C(=O)NNC(=O)C(=O)CC(=O)c2ccc(Br)cc2)c2ccccc2n1. The van der Waals surface area contributed by atoms with Crippen molar-refractivity contribution < 1.29 is 19.2 Å². The second-order valence-corrected chi connectivity index (χ2v) is 7.18. The van der Waals surface area contributed by atoms with Crippen LogP contribution in [0.4, 0.5) is 0 Å². The average Bonchev–Trinajstić information content (AvgIpc) is 2.71. The molecule has 0 fully saturated rings. The summed E-state index contributed by atoms with van der Waals surface area (Å²) < 4.78 is 0.791. The Morgan fingerprint density at radius 2 is 1.66 bits per heavy atom. The molecule has 0 unspecified atom stereocenters. The Labute approximate surface area is 174 Å². The number of nitrogens with zero attached hydrogens (tertiary/aromatic N) is 1. The van der Waals surface area contributed by atoms with Crippen LogP contribution in [0.25, 0.3) is 10.9 Å². The van der Waals surface area contributed by atoms with Gasteiger partial charge in [-0.05, 0) is 31.2 Å². The lowest BCUT2D eigenvalue weighted by molar-refractivity contribution is -0.137. The molecule has 0 aliphatic carbocycles. The van der Waals surface area contributed by atoms with E-state index in [4.69, 9.17) is 0 Å². The first-order valence-electron chi connectivity index (χ1n) is 8.64. The molecule has 2 N–H and O–H groups in total. The average molecular weight is 454 g/mol. The lowest BCUT2D eigenvalue weighted by Gasteiger charge is -2.09. The van der Waals surface area contributed by atoms with Gasteiger partial charge in [0.15, 0.2) is 5.78 Å². The Morgan fingerprint density at radius 1 is 0.966 bits per heavy atom. The zero-order valence-electron chi connectivity index (χ0n) is 15.4. The number of rotatable bonds is 5. The van der Waals surface area contributed by atoms with E-state index in [-0.39, 0.29) is 0 Å². The number of carbonyl (C=O) groups excluding carboxylic acids is 4. The second-order valence-electron chi connectivity index (χ2n) is 6.27. The maximum absolute atomic E-state index is 12.5. The van der Waals surface area contributed by atoms with Crippen LogP contribution in [0.2, 0.25) is 0 Å². The minimum Gasteiger partial charge on any atom is -0.294 e. The highest BCUT2D eigenvalue weighted by Crippen LogP contribution is 2.18. The smallest absolute Gasteiger partial charge is 0.294 e. The Hall–Kier alpha value is -3.39. The van der Waals surface area contributed by atoms with Gasteiger partial charge in [-0.2, -0.15) is 0 Å². The van der Waals surface area contributed by atoms with Crippen LogP contribution < -0.4 is 10.9 Å². The largest absolute Gasteiger partial charge is 0.306 e. The highest BCUT2D eigenvalue weighted by molar-refractivity contribution is 9.10. The number of halogens is 1. The van der Waals surface area contributed by atoms with Crippen molar-refractivity contribution in [2.75, 3.05) is 0 Å². The molecule has 1 heterocycles. The fourth-order valence-electron chi connectivity index (χ4n) is 2.71. The molecule has 146 valence electrons. The monoisotopic (exact) mass is 453 g/mol. The number of ketones is 2. The summed E-state index contributed by atoms with van der Waals surface area (Å²) in [5.74, 6) is -3.10. The van der Waals surface area contributed by atoms with Gasteiger partial charge in [-0.25, -0.2) is 0 Å². The molecule has 3 rings (SSSR count). The third kappa shape index (κ3) is 4.91. The Morgan fingerprint density at radius 3 is 2.38 bits per heavy atom. The van der Waals surface area contributed by atoms with Crippen LogP contribution in [0.5, 0.6) is 0 Å². The second kappa shape index (κ2) is 8.74. The van der Waals surface area contributed by atoms with Crippen molar-refractivity contribution in [3.8, 4) is 0 Å². The van der Waals surface area contributed by atoms with Crippen LogP contribution in [-0.4, -0.2) is 28.4 Å². The number of aromatic nitrogens is 1. The van der Waals surface area contributed by atoms with E-state index in [0.717, 1.165) is 4.47 Å². The maximum Gasteiger partial charge on any atom is 0.306 e. The van der Waals surface area contributed by atoms with Crippen molar-refractivity contribution in [1.29, 1.82) is 0 Å². The van der Waals surface area contributed by atoms with Crippen molar-refractivity contribution in [3.05, 3.63) is 75.9 Å². The van der Waals surface area contributed by atoms with Crippen LogP contribution in [-0.2, 0) is 9.59 Å². The molecule has 2 aromatic carbocycles. The van der Waals surface area contributed by atoms with E-state index < -0.39 is 29.8 Å². The molecule has 3 aromatic rings. The van der Waals surface area contributed by atoms with Crippen LogP contribution in [0, 0.1) is 6.92 Å². The maximum atomic E-state index is 12.5. The molecule has 0 saturated heterocycles. The third-order valence-corrected chi connectivity index (χ3v) is 4.65. The fourth-order valence-corrected chi connectivity index (χ4v) is 2.97. The Bertz CT molecular complexity index is 1130. The number of benzene rings is 2. The topological polar surface area (TPSA) is 105 Å². The lowest BCUT2D eigenvalue weighted by Crippen LogP contribution is -2.45. The molecule has 0 atom stereocenters. The van der Waals surface area contributed by atoms with Crippen molar-refractivity contribution in [1.82, 2.24) is 15.8 Å². The molecule has 0 saturated carbocycles. The minimum atomic E-state index is -1.07. The molecular weight excluding hydrogens is 438 g/mol.